The molecule has 1 fully saturated rings. The summed E-state index contributed by atoms with van der Waals surface area (Å²) in [6.07, 6.45) is -1.71. The second kappa shape index (κ2) is 8.13. The molecule has 1 aliphatic carbocycles. The monoisotopic (exact) mass is 439 g/mol. The molecule has 3 aromatic rings. The minimum Gasteiger partial charge on any atom is -0.364 e. The van der Waals surface area contributed by atoms with E-state index in [9.17, 15) is 18.0 Å². The molecule has 0 aliphatic heterocycles. The van der Waals surface area contributed by atoms with Gasteiger partial charge in [-0.05, 0) is 41.7 Å². The molecule has 2 aromatic carbocycles. The highest BCUT2D eigenvalue weighted by molar-refractivity contribution is 5.99. The fraction of sp³-hybridized carbons (Fsp3) is 0.261. The van der Waals surface area contributed by atoms with Crippen molar-refractivity contribution in [1.29, 1.82) is 5.26 Å². The number of aromatic nitrogens is 2. The van der Waals surface area contributed by atoms with E-state index < -0.39 is 29.0 Å². The van der Waals surface area contributed by atoms with Gasteiger partial charge in [0.2, 0.25) is 0 Å². The van der Waals surface area contributed by atoms with Crippen molar-refractivity contribution in [3.8, 4) is 22.9 Å². The number of carbonyl (C=O) groups is 1. The molecular weight excluding hydrogens is 419 g/mol. The molecule has 0 bridgehead atoms. The van der Waals surface area contributed by atoms with Gasteiger partial charge in [0.25, 0.3) is 5.91 Å². The number of nitrogens with zero attached hydrogens (tertiary/aromatic N) is 3. The summed E-state index contributed by atoms with van der Waals surface area (Å²) in [5.74, 6) is -0.467. The third kappa shape index (κ3) is 4.22. The highest BCUT2D eigenvalue weighted by atomic mass is 19.4. The predicted molar refractivity (Wildman–Crippen MR) is 112 cm³/mol. The number of carbonyl (C=O) groups excluding carboxylic acids is 1. The highest BCUT2D eigenvalue weighted by Gasteiger charge is 2.41. The first kappa shape index (κ1) is 21.6. The van der Waals surface area contributed by atoms with Crippen molar-refractivity contribution in [2.24, 2.45) is 17.4 Å². The molecule has 1 amide bonds. The zero-order valence-electron chi connectivity index (χ0n) is 16.9. The summed E-state index contributed by atoms with van der Waals surface area (Å²) in [7, 11) is 0. The number of alkyl halides is 3. The first-order valence-corrected chi connectivity index (χ1v) is 10.1. The molecule has 0 spiro atoms. The minimum absolute atomic E-state index is 0.123. The number of primary amides is 1. The number of rotatable bonds is 6. The maximum Gasteiger partial charge on any atom is 0.435 e. The molecule has 1 aliphatic rings. The Morgan fingerprint density at radius 1 is 1.22 bits per heavy atom. The standard InChI is InChI=1S/C23H20F3N5O/c24-23(25,26)21-19(16-8-6-15(7-9-16)18(28)11-13-4-5-13)20(22(29)32)31(30-21)17-3-1-2-14(10-17)12-27/h1-3,6-10,13,18H,4-5,11,28H2,(H2,29,32). The van der Waals surface area contributed by atoms with Gasteiger partial charge in [0.05, 0.1) is 17.3 Å². The number of halogens is 3. The summed E-state index contributed by atoms with van der Waals surface area (Å²) < 4.78 is 42.6. The van der Waals surface area contributed by atoms with Crippen molar-refractivity contribution in [2.45, 2.75) is 31.5 Å². The molecule has 1 atom stereocenters. The van der Waals surface area contributed by atoms with E-state index in [2.05, 4.69) is 5.10 Å². The number of nitriles is 1. The van der Waals surface area contributed by atoms with Crippen molar-refractivity contribution in [2.75, 3.05) is 0 Å². The normalized spacial score (nSPS) is 14.7. The van der Waals surface area contributed by atoms with E-state index in [1.165, 1.54) is 36.4 Å². The van der Waals surface area contributed by atoms with Crippen LogP contribution < -0.4 is 11.5 Å². The lowest BCUT2D eigenvalue weighted by Crippen LogP contribution is -2.18. The van der Waals surface area contributed by atoms with Crippen LogP contribution in [0, 0.1) is 17.2 Å². The lowest BCUT2D eigenvalue weighted by molar-refractivity contribution is -0.140. The quantitative estimate of drug-likeness (QED) is 0.596. The van der Waals surface area contributed by atoms with Crippen LogP contribution in [0.1, 0.15) is 52.6 Å². The zero-order valence-corrected chi connectivity index (χ0v) is 16.9. The van der Waals surface area contributed by atoms with Crippen LogP contribution in [0.15, 0.2) is 48.5 Å². The Kier molecular flexibility index (Phi) is 5.48. The summed E-state index contributed by atoms with van der Waals surface area (Å²) in [5.41, 5.74) is 11.0. The van der Waals surface area contributed by atoms with Crippen LogP contribution >= 0.6 is 0 Å². The van der Waals surface area contributed by atoms with E-state index in [0.717, 1.165) is 29.5 Å². The van der Waals surface area contributed by atoms with Crippen molar-refractivity contribution in [3.05, 3.63) is 71.0 Å². The lowest BCUT2D eigenvalue weighted by atomic mass is 9.97. The third-order valence-corrected chi connectivity index (χ3v) is 5.52. The second-order valence-electron chi connectivity index (χ2n) is 7.92. The van der Waals surface area contributed by atoms with Crippen LogP contribution in [0.5, 0.6) is 0 Å². The van der Waals surface area contributed by atoms with Gasteiger partial charge in [-0.3, -0.25) is 4.79 Å². The molecular formula is C23H20F3N5O. The fourth-order valence-corrected chi connectivity index (χ4v) is 3.76. The van der Waals surface area contributed by atoms with Gasteiger partial charge in [-0.25, -0.2) is 4.68 Å². The summed E-state index contributed by atoms with van der Waals surface area (Å²) >= 11 is 0. The Balaban J connectivity index is 1.85. The highest BCUT2D eigenvalue weighted by Crippen LogP contribution is 2.40. The Bertz CT molecular complexity index is 1200. The summed E-state index contributed by atoms with van der Waals surface area (Å²) in [6, 6.07) is 13.8. The van der Waals surface area contributed by atoms with Crippen LogP contribution in [-0.2, 0) is 6.18 Å². The van der Waals surface area contributed by atoms with Crippen LogP contribution in [0.3, 0.4) is 0 Å². The van der Waals surface area contributed by atoms with Crippen molar-refractivity contribution >= 4 is 5.91 Å². The SMILES string of the molecule is N#Cc1cccc(-n2nc(C(F)(F)F)c(-c3ccc(C(N)CC4CC4)cc3)c2C(N)=O)c1. The smallest absolute Gasteiger partial charge is 0.364 e. The second-order valence-corrected chi connectivity index (χ2v) is 7.92. The number of amides is 1. The van der Waals surface area contributed by atoms with Crippen LogP contribution in [0.25, 0.3) is 16.8 Å². The van der Waals surface area contributed by atoms with Gasteiger partial charge < -0.3 is 11.5 Å². The largest absolute Gasteiger partial charge is 0.435 e. The fourth-order valence-electron chi connectivity index (χ4n) is 3.76. The third-order valence-electron chi connectivity index (χ3n) is 5.52. The Morgan fingerprint density at radius 2 is 1.91 bits per heavy atom. The van der Waals surface area contributed by atoms with Crippen LogP contribution in [0.4, 0.5) is 13.2 Å². The van der Waals surface area contributed by atoms with E-state index in [4.69, 9.17) is 16.7 Å². The minimum atomic E-state index is -4.83. The first-order chi connectivity index (χ1) is 15.2. The van der Waals surface area contributed by atoms with E-state index >= 15 is 0 Å². The van der Waals surface area contributed by atoms with E-state index in [1.807, 2.05) is 6.07 Å². The van der Waals surface area contributed by atoms with Gasteiger partial charge >= 0.3 is 6.18 Å². The topological polar surface area (TPSA) is 111 Å². The lowest BCUT2D eigenvalue weighted by Gasteiger charge is -2.13. The summed E-state index contributed by atoms with van der Waals surface area (Å²) in [6.45, 7) is 0. The molecule has 9 heteroatoms. The predicted octanol–water partition coefficient (Wildman–Crippen LogP) is 4.33. The van der Waals surface area contributed by atoms with E-state index in [0.29, 0.717) is 5.92 Å². The van der Waals surface area contributed by atoms with Crippen molar-refractivity contribution in [1.82, 2.24) is 9.78 Å². The molecule has 0 saturated heterocycles. The Morgan fingerprint density at radius 3 is 2.47 bits per heavy atom. The van der Waals surface area contributed by atoms with Gasteiger partial charge in [0, 0.05) is 11.6 Å². The zero-order chi connectivity index (χ0) is 23.0. The summed E-state index contributed by atoms with van der Waals surface area (Å²) in [5, 5.41) is 12.8. The molecule has 0 radical (unpaired) electrons. The van der Waals surface area contributed by atoms with Gasteiger partial charge in [0.1, 0.15) is 5.69 Å². The van der Waals surface area contributed by atoms with Crippen molar-refractivity contribution < 1.29 is 18.0 Å². The first-order valence-electron chi connectivity index (χ1n) is 10.1. The molecule has 4 N–H and O–H groups in total. The molecule has 32 heavy (non-hydrogen) atoms. The average Bonchev–Trinajstić information content (AvgIpc) is 3.47. The number of benzene rings is 2. The molecule has 1 saturated carbocycles. The molecule has 1 heterocycles. The number of nitrogens with two attached hydrogens (primary N) is 2. The van der Waals surface area contributed by atoms with Crippen LogP contribution in [-0.4, -0.2) is 15.7 Å². The molecule has 1 aromatic heterocycles. The maximum absolute atomic E-state index is 13.9. The van der Waals surface area contributed by atoms with E-state index in [1.54, 1.807) is 12.1 Å². The molecule has 164 valence electrons. The van der Waals surface area contributed by atoms with Gasteiger partial charge in [-0.1, -0.05) is 43.2 Å². The van der Waals surface area contributed by atoms with Gasteiger partial charge in [-0.2, -0.15) is 23.5 Å². The average molecular weight is 439 g/mol. The van der Waals surface area contributed by atoms with Gasteiger partial charge in [-0.15, -0.1) is 0 Å². The summed E-state index contributed by atoms with van der Waals surface area (Å²) in [4.78, 5) is 12.3. The Labute approximate surface area is 182 Å². The molecule has 6 nitrogen and oxygen atoms in total. The van der Waals surface area contributed by atoms with Gasteiger partial charge in [0.15, 0.2) is 5.69 Å². The Hall–Kier alpha value is -3.64. The molecule has 1 unspecified atom stereocenters. The molecule has 4 rings (SSSR count). The van der Waals surface area contributed by atoms with E-state index in [-0.39, 0.29) is 22.9 Å². The van der Waals surface area contributed by atoms with Crippen molar-refractivity contribution in [3.63, 3.8) is 0 Å². The van der Waals surface area contributed by atoms with Crippen LogP contribution in [0.2, 0.25) is 0 Å². The maximum atomic E-state index is 13.9. The number of hydrogen-bond acceptors (Lipinski definition) is 4. The number of hydrogen-bond donors (Lipinski definition) is 2.